The number of pyridine rings is 1. The van der Waals surface area contributed by atoms with Crippen LogP contribution in [-0.2, 0) is 0 Å². The largest absolute Gasteiger partial charge is 0.363 e. The van der Waals surface area contributed by atoms with Gasteiger partial charge in [0.25, 0.3) is 0 Å². The highest BCUT2D eigenvalue weighted by atomic mass is 19.1. The van der Waals surface area contributed by atoms with Crippen LogP contribution in [0.15, 0.2) is 36.5 Å². The summed E-state index contributed by atoms with van der Waals surface area (Å²) in [7, 11) is 0. The third-order valence-corrected chi connectivity index (χ3v) is 5.46. The SMILES string of the molecule is N#Cc1cccnc1N1CCC2CCN(c3c(F)cccc3C#N)C2C1. The van der Waals surface area contributed by atoms with Crippen LogP contribution >= 0.6 is 0 Å². The van der Waals surface area contributed by atoms with Crippen LogP contribution in [0.25, 0.3) is 0 Å². The molecule has 0 amide bonds. The summed E-state index contributed by atoms with van der Waals surface area (Å²) in [5.74, 6) is 0.804. The first-order valence-corrected chi connectivity index (χ1v) is 8.78. The molecular formula is C20H18FN5. The van der Waals surface area contributed by atoms with Gasteiger partial charge in [-0.15, -0.1) is 0 Å². The summed E-state index contributed by atoms with van der Waals surface area (Å²) < 4.78 is 14.5. The van der Waals surface area contributed by atoms with Crippen molar-refractivity contribution in [3.8, 4) is 12.1 Å². The Kier molecular flexibility index (Phi) is 4.18. The molecule has 0 aliphatic carbocycles. The highest BCUT2D eigenvalue weighted by Gasteiger charge is 2.40. The molecule has 2 saturated heterocycles. The van der Waals surface area contributed by atoms with Gasteiger partial charge in [-0.3, -0.25) is 0 Å². The molecule has 6 heteroatoms. The molecule has 2 aromatic rings. The standard InChI is InChI=1S/C20H18FN5/c21-17-5-1-3-15(11-22)19(17)26-10-7-14-6-9-25(13-18(14)26)20-16(12-23)4-2-8-24-20/h1-5,8,14,18H,6-7,9-10,13H2. The number of nitrogens with zero attached hydrogens (tertiary/aromatic N) is 5. The fourth-order valence-electron chi connectivity index (χ4n) is 4.24. The second kappa shape index (κ2) is 6.65. The Bertz CT molecular complexity index is 913. The van der Waals surface area contributed by atoms with E-state index in [0.29, 0.717) is 35.1 Å². The summed E-state index contributed by atoms with van der Waals surface area (Å²) >= 11 is 0. The second-order valence-corrected chi connectivity index (χ2v) is 6.78. The number of aromatic nitrogens is 1. The van der Waals surface area contributed by atoms with Gasteiger partial charge in [-0.1, -0.05) is 6.07 Å². The van der Waals surface area contributed by atoms with Crippen molar-refractivity contribution in [2.24, 2.45) is 5.92 Å². The third kappa shape index (κ3) is 2.64. The van der Waals surface area contributed by atoms with E-state index in [2.05, 4.69) is 22.0 Å². The second-order valence-electron chi connectivity index (χ2n) is 6.78. The topological polar surface area (TPSA) is 67.0 Å². The van der Waals surface area contributed by atoms with Gasteiger partial charge in [0.2, 0.25) is 0 Å². The van der Waals surface area contributed by atoms with Crippen LogP contribution < -0.4 is 9.80 Å². The van der Waals surface area contributed by atoms with Gasteiger partial charge in [0.05, 0.1) is 16.8 Å². The lowest BCUT2D eigenvalue weighted by Gasteiger charge is -2.40. The number of halogens is 1. The molecule has 1 aromatic heterocycles. The predicted molar refractivity (Wildman–Crippen MR) is 96.1 cm³/mol. The van der Waals surface area contributed by atoms with E-state index in [1.165, 1.54) is 6.07 Å². The zero-order valence-corrected chi connectivity index (χ0v) is 14.3. The Morgan fingerprint density at radius 2 is 1.81 bits per heavy atom. The van der Waals surface area contributed by atoms with Gasteiger partial charge < -0.3 is 9.80 Å². The number of piperidine rings is 1. The van der Waals surface area contributed by atoms with Crippen molar-refractivity contribution in [3.05, 3.63) is 53.5 Å². The summed E-state index contributed by atoms with van der Waals surface area (Å²) in [5.41, 5.74) is 1.34. The minimum atomic E-state index is -0.350. The molecule has 0 radical (unpaired) electrons. The Morgan fingerprint density at radius 1 is 1.04 bits per heavy atom. The van der Waals surface area contributed by atoms with Crippen molar-refractivity contribution < 1.29 is 4.39 Å². The van der Waals surface area contributed by atoms with Gasteiger partial charge in [-0.2, -0.15) is 10.5 Å². The summed E-state index contributed by atoms with van der Waals surface area (Å²) in [5, 5.41) is 18.8. The van der Waals surface area contributed by atoms with Crippen molar-refractivity contribution in [2.75, 3.05) is 29.4 Å². The van der Waals surface area contributed by atoms with Crippen LogP contribution in [0.2, 0.25) is 0 Å². The summed E-state index contributed by atoms with van der Waals surface area (Å²) in [4.78, 5) is 8.55. The van der Waals surface area contributed by atoms with E-state index in [9.17, 15) is 14.9 Å². The maximum Gasteiger partial charge on any atom is 0.147 e. The van der Waals surface area contributed by atoms with Gasteiger partial charge in [-0.25, -0.2) is 9.37 Å². The molecule has 26 heavy (non-hydrogen) atoms. The Balaban J connectivity index is 1.67. The molecular weight excluding hydrogens is 329 g/mol. The highest BCUT2D eigenvalue weighted by molar-refractivity contribution is 5.62. The summed E-state index contributed by atoms with van der Waals surface area (Å²) in [6.45, 7) is 2.25. The summed E-state index contributed by atoms with van der Waals surface area (Å²) in [6, 6.07) is 12.6. The van der Waals surface area contributed by atoms with Gasteiger partial charge in [-0.05, 0) is 43.0 Å². The molecule has 0 saturated carbocycles. The van der Waals surface area contributed by atoms with E-state index >= 15 is 0 Å². The molecule has 2 fully saturated rings. The first-order valence-electron chi connectivity index (χ1n) is 8.78. The zero-order chi connectivity index (χ0) is 18.1. The molecule has 5 nitrogen and oxygen atoms in total. The fraction of sp³-hybridized carbons (Fsp3) is 0.350. The van der Waals surface area contributed by atoms with Crippen molar-refractivity contribution in [3.63, 3.8) is 0 Å². The first kappa shape index (κ1) is 16.4. The van der Waals surface area contributed by atoms with Crippen LogP contribution in [0.3, 0.4) is 0 Å². The van der Waals surface area contributed by atoms with E-state index in [0.717, 1.165) is 25.9 Å². The van der Waals surface area contributed by atoms with Gasteiger partial charge in [0, 0.05) is 31.9 Å². The van der Waals surface area contributed by atoms with Crippen LogP contribution in [0, 0.1) is 34.4 Å². The lowest BCUT2D eigenvalue weighted by atomic mass is 9.91. The van der Waals surface area contributed by atoms with Crippen molar-refractivity contribution in [1.82, 2.24) is 4.98 Å². The average molecular weight is 347 g/mol. The Morgan fingerprint density at radius 3 is 2.62 bits per heavy atom. The van der Waals surface area contributed by atoms with E-state index in [4.69, 9.17) is 0 Å². The molecule has 0 N–H and O–H groups in total. The van der Waals surface area contributed by atoms with Gasteiger partial charge in [0.15, 0.2) is 0 Å². The minimum Gasteiger partial charge on any atom is -0.363 e. The van der Waals surface area contributed by atoms with E-state index < -0.39 is 0 Å². The smallest absolute Gasteiger partial charge is 0.147 e. The summed E-state index contributed by atoms with van der Waals surface area (Å²) in [6.07, 6.45) is 3.66. The van der Waals surface area contributed by atoms with E-state index in [-0.39, 0.29) is 11.9 Å². The number of benzene rings is 1. The Hall–Kier alpha value is -3.12. The van der Waals surface area contributed by atoms with E-state index in [1.54, 1.807) is 30.5 Å². The molecule has 2 aliphatic rings. The maximum atomic E-state index is 14.5. The number of anilines is 2. The number of para-hydroxylation sites is 1. The molecule has 2 atom stereocenters. The van der Waals surface area contributed by atoms with Crippen LogP contribution in [0.4, 0.5) is 15.9 Å². The van der Waals surface area contributed by atoms with Crippen LogP contribution in [-0.4, -0.2) is 30.7 Å². The molecule has 3 heterocycles. The minimum absolute atomic E-state index is 0.112. The van der Waals surface area contributed by atoms with Crippen LogP contribution in [0.5, 0.6) is 0 Å². The highest BCUT2D eigenvalue weighted by Crippen LogP contribution is 2.38. The monoisotopic (exact) mass is 347 g/mol. The van der Waals surface area contributed by atoms with Crippen molar-refractivity contribution in [2.45, 2.75) is 18.9 Å². The molecule has 1 aromatic carbocycles. The molecule has 2 unspecified atom stereocenters. The zero-order valence-electron chi connectivity index (χ0n) is 14.3. The molecule has 0 bridgehead atoms. The average Bonchev–Trinajstić information content (AvgIpc) is 3.10. The molecule has 0 spiro atoms. The lowest BCUT2D eigenvalue weighted by Crippen LogP contribution is -2.49. The third-order valence-electron chi connectivity index (χ3n) is 5.46. The van der Waals surface area contributed by atoms with Gasteiger partial charge in [0.1, 0.15) is 23.8 Å². The molecule has 130 valence electrons. The fourth-order valence-corrected chi connectivity index (χ4v) is 4.24. The maximum absolute atomic E-state index is 14.5. The quantitative estimate of drug-likeness (QED) is 0.835. The number of nitriles is 2. The Labute approximate surface area is 151 Å². The number of hydrogen-bond donors (Lipinski definition) is 0. The lowest BCUT2D eigenvalue weighted by molar-refractivity contribution is 0.388. The molecule has 4 rings (SSSR count). The van der Waals surface area contributed by atoms with Crippen molar-refractivity contribution >= 4 is 11.5 Å². The van der Waals surface area contributed by atoms with E-state index in [1.807, 2.05) is 4.90 Å². The van der Waals surface area contributed by atoms with Gasteiger partial charge >= 0.3 is 0 Å². The van der Waals surface area contributed by atoms with Crippen LogP contribution in [0.1, 0.15) is 24.0 Å². The number of fused-ring (bicyclic) bond motifs is 1. The molecule has 2 aliphatic heterocycles. The predicted octanol–water partition coefficient (Wildman–Crippen LogP) is 3.07. The number of hydrogen-bond acceptors (Lipinski definition) is 5. The van der Waals surface area contributed by atoms with Crippen molar-refractivity contribution in [1.29, 1.82) is 10.5 Å². The normalized spacial score (nSPS) is 21.8. The number of rotatable bonds is 2. The first-order chi connectivity index (χ1) is 12.7.